The Morgan fingerprint density at radius 2 is 2.26 bits per heavy atom. The number of halogens is 1. The number of hydrogen-bond donors (Lipinski definition) is 1. The lowest BCUT2D eigenvalue weighted by molar-refractivity contribution is 0.199. The van der Waals surface area contributed by atoms with Gasteiger partial charge in [0.15, 0.2) is 0 Å². The molecule has 0 saturated carbocycles. The molecule has 3 nitrogen and oxygen atoms in total. The average Bonchev–Trinajstić information content (AvgIpc) is 2.40. The molecule has 0 bridgehead atoms. The molecular formula is C15H20BrNO2. The van der Waals surface area contributed by atoms with Crippen LogP contribution in [0.2, 0.25) is 0 Å². The maximum atomic E-state index is 9.59. The Labute approximate surface area is 123 Å². The number of hydrogen-bond acceptors (Lipinski definition) is 3. The number of nitrogens with zero attached hydrogens (tertiary/aromatic N) is 1. The largest absolute Gasteiger partial charge is 0.389 e. The SMILES string of the molecule is COCC1=CCN(c2ccc(C(C)O)cc2Br)CC1. The zero-order valence-corrected chi connectivity index (χ0v) is 13.0. The van der Waals surface area contributed by atoms with Crippen LogP contribution in [-0.4, -0.2) is 31.9 Å². The van der Waals surface area contributed by atoms with Crippen molar-refractivity contribution in [1.29, 1.82) is 0 Å². The number of ether oxygens (including phenoxy) is 1. The van der Waals surface area contributed by atoms with E-state index in [0.29, 0.717) is 0 Å². The Hall–Kier alpha value is -0.840. The number of methoxy groups -OCH3 is 1. The van der Waals surface area contributed by atoms with Gasteiger partial charge in [-0.05, 0) is 52.5 Å². The van der Waals surface area contributed by atoms with Gasteiger partial charge in [0.05, 0.1) is 18.4 Å². The highest BCUT2D eigenvalue weighted by atomic mass is 79.9. The third-order valence-electron chi connectivity index (χ3n) is 3.43. The minimum Gasteiger partial charge on any atom is -0.389 e. The Kier molecular flexibility index (Phi) is 5.02. The van der Waals surface area contributed by atoms with Crippen molar-refractivity contribution in [1.82, 2.24) is 0 Å². The van der Waals surface area contributed by atoms with Crippen LogP contribution in [0.15, 0.2) is 34.3 Å². The van der Waals surface area contributed by atoms with Crippen LogP contribution in [0, 0.1) is 0 Å². The number of anilines is 1. The predicted molar refractivity (Wildman–Crippen MR) is 81.6 cm³/mol. The fourth-order valence-corrected chi connectivity index (χ4v) is 2.93. The Morgan fingerprint density at radius 1 is 1.47 bits per heavy atom. The third-order valence-corrected chi connectivity index (χ3v) is 4.06. The van der Waals surface area contributed by atoms with Crippen LogP contribution in [0.1, 0.15) is 25.0 Å². The molecule has 1 unspecified atom stereocenters. The van der Waals surface area contributed by atoms with Gasteiger partial charge in [0.1, 0.15) is 0 Å². The highest BCUT2D eigenvalue weighted by Crippen LogP contribution is 2.31. The van der Waals surface area contributed by atoms with Crippen LogP contribution in [-0.2, 0) is 4.74 Å². The van der Waals surface area contributed by atoms with Crippen molar-refractivity contribution in [3.63, 3.8) is 0 Å². The van der Waals surface area contributed by atoms with Crippen molar-refractivity contribution < 1.29 is 9.84 Å². The molecule has 0 spiro atoms. The van der Waals surface area contributed by atoms with Gasteiger partial charge in [0, 0.05) is 24.7 Å². The first-order valence-electron chi connectivity index (χ1n) is 6.51. The first-order valence-corrected chi connectivity index (χ1v) is 7.30. The fraction of sp³-hybridized carbons (Fsp3) is 0.467. The van der Waals surface area contributed by atoms with Crippen LogP contribution in [0.25, 0.3) is 0 Å². The zero-order chi connectivity index (χ0) is 13.8. The summed E-state index contributed by atoms with van der Waals surface area (Å²) in [7, 11) is 1.73. The molecule has 1 aliphatic heterocycles. The summed E-state index contributed by atoms with van der Waals surface area (Å²) in [5.41, 5.74) is 3.48. The maximum Gasteiger partial charge on any atom is 0.0762 e. The summed E-state index contributed by atoms with van der Waals surface area (Å²) in [5.74, 6) is 0. The van der Waals surface area contributed by atoms with E-state index in [-0.39, 0.29) is 0 Å². The molecule has 0 aliphatic carbocycles. The van der Waals surface area contributed by atoms with E-state index < -0.39 is 6.10 Å². The van der Waals surface area contributed by atoms with E-state index >= 15 is 0 Å². The molecule has 0 aromatic heterocycles. The van der Waals surface area contributed by atoms with Gasteiger partial charge >= 0.3 is 0 Å². The summed E-state index contributed by atoms with van der Waals surface area (Å²) in [5, 5.41) is 9.59. The van der Waals surface area contributed by atoms with Crippen molar-refractivity contribution >= 4 is 21.6 Å². The summed E-state index contributed by atoms with van der Waals surface area (Å²) >= 11 is 3.60. The molecule has 4 heteroatoms. The summed E-state index contributed by atoms with van der Waals surface area (Å²) in [6.07, 6.45) is 2.85. The van der Waals surface area contributed by atoms with E-state index in [1.807, 2.05) is 12.1 Å². The smallest absolute Gasteiger partial charge is 0.0762 e. The molecule has 1 atom stereocenters. The number of benzene rings is 1. The van der Waals surface area contributed by atoms with Crippen LogP contribution in [0.3, 0.4) is 0 Å². The highest BCUT2D eigenvalue weighted by molar-refractivity contribution is 9.10. The lowest BCUT2D eigenvalue weighted by atomic mass is 10.1. The topological polar surface area (TPSA) is 32.7 Å². The van der Waals surface area contributed by atoms with Crippen molar-refractivity contribution in [3.05, 3.63) is 39.9 Å². The van der Waals surface area contributed by atoms with Crippen molar-refractivity contribution in [2.24, 2.45) is 0 Å². The van der Waals surface area contributed by atoms with Crippen LogP contribution >= 0.6 is 15.9 Å². The summed E-state index contributed by atoms with van der Waals surface area (Å²) in [6, 6.07) is 6.05. The molecule has 0 fully saturated rings. The molecule has 1 heterocycles. The molecular weight excluding hydrogens is 306 g/mol. The van der Waals surface area contributed by atoms with Gasteiger partial charge in [-0.1, -0.05) is 12.1 Å². The number of aliphatic hydroxyl groups excluding tert-OH is 1. The quantitative estimate of drug-likeness (QED) is 0.862. The average molecular weight is 326 g/mol. The second-order valence-corrected chi connectivity index (χ2v) is 5.73. The molecule has 1 aromatic rings. The van der Waals surface area contributed by atoms with E-state index in [1.54, 1.807) is 14.0 Å². The predicted octanol–water partition coefficient (Wildman–Crippen LogP) is 3.29. The molecule has 0 amide bonds. The van der Waals surface area contributed by atoms with Crippen molar-refractivity contribution in [3.8, 4) is 0 Å². The lowest BCUT2D eigenvalue weighted by Crippen LogP contribution is -2.29. The summed E-state index contributed by atoms with van der Waals surface area (Å²) in [6.45, 7) is 4.42. The first kappa shape index (κ1) is 14.6. The second kappa shape index (κ2) is 6.55. The third kappa shape index (κ3) is 3.59. The van der Waals surface area contributed by atoms with Crippen LogP contribution < -0.4 is 4.90 Å². The van der Waals surface area contributed by atoms with E-state index in [0.717, 1.165) is 36.2 Å². The maximum absolute atomic E-state index is 9.59. The monoisotopic (exact) mass is 325 g/mol. The minimum absolute atomic E-state index is 0.431. The summed E-state index contributed by atoms with van der Waals surface area (Å²) < 4.78 is 6.20. The number of aliphatic hydroxyl groups is 1. The normalized spacial score (nSPS) is 17.3. The Morgan fingerprint density at radius 3 is 2.79 bits per heavy atom. The van der Waals surface area contributed by atoms with Gasteiger partial charge in [-0.3, -0.25) is 0 Å². The lowest BCUT2D eigenvalue weighted by Gasteiger charge is -2.29. The van der Waals surface area contributed by atoms with Gasteiger partial charge in [-0.2, -0.15) is 0 Å². The fourth-order valence-electron chi connectivity index (χ4n) is 2.29. The molecule has 2 rings (SSSR count). The molecule has 19 heavy (non-hydrogen) atoms. The van der Waals surface area contributed by atoms with E-state index in [1.165, 1.54) is 11.3 Å². The van der Waals surface area contributed by atoms with E-state index in [2.05, 4.69) is 33.0 Å². The first-order chi connectivity index (χ1) is 9.11. The highest BCUT2D eigenvalue weighted by Gasteiger charge is 2.15. The molecule has 1 aromatic carbocycles. The molecule has 1 aliphatic rings. The van der Waals surface area contributed by atoms with Gasteiger partial charge in [0.25, 0.3) is 0 Å². The van der Waals surface area contributed by atoms with Gasteiger partial charge in [-0.25, -0.2) is 0 Å². The van der Waals surface area contributed by atoms with E-state index in [4.69, 9.17) is 4.74 Å². The molecule has 104 valence electrons. The van der Waals surface area contributed by atoms with Crippen molar-refractivity contribution in [2.45, 2.75) is 19.4 Å². The zero-order valence-electron chi connectivity index (χ0n) is 11.4. The van der Waals surface area contributed by atoms with Gasteiger partial charge < -0.3 is 14.7 Å². The Bertz CT molecular complexity index is 471. The number of rotatable bonds is 4. The Balaban J connectivity index is 2.11. The van der Waals surface area contributed by atoms with Gasteiger partial charge in [-0.15, -0.1) is 0 Å². The molecule has 0 saturated heterocycles. The van der Waals surface area contributed by atoms with E-state index in [9.17, 15) is 5.11 Å². The van der Waals surface area contributed by atoms with Crippen LogP contribution in [0.4, 0.5) is 5.69 Å². The van der Waals surface area contributed by atoms with Crippen LogP contribution in [0.5, 0.6) is 0 Å². The summed E-state index contributed by atoms with van der Waals surface area (Å²) in [4.78, 5) is 2.33. The standard InChI is InChI=1S/C15H20BrNO2/c1-11(18)13-3-4-15(14(16)9-13)17-7-5-12(6-8-17)10-19-2/h3-5,9,11,18H,6-8,10H2,1-2H3. The minimum atomic E-state index is -0.431. The molecule has 0 radical (unpaired) electrons. The van der Waals surface area contributed by atoms with Gasteiger partial charge in [0.2, 0.25) is 0 Å². The molecule has 1 N–H and O–H groups in total. The van der Waals surface area contributed by atoms with Crippen molar-refractivity contribution in [2.75, 3.05) is 31.7 Å². The second-order valence-electron chi connectivity index (χ2n) is 4.88.